The molecule has 3 rings (SSSR count). The van der Waals surface area contributed by atoms with E-state index in [0.717, 1.165) is 35.4 Å². The summed E-state index contributed by atoms with van der Waals surface area (Å²) in [5, 5.41) is 1.12. The van der Waals surface area contributed by atoms with E-state index in [1.165, 1.54) is 12.3 Å². The lowest BCUT2D eigenvalue weighted by atomic mass is 10.2. The predicted molar refractivity (Wildman–Crippen MR) is 85.0 cm³/mol. The van der Waals surface area contributed by atoms with Crippen LogP contribution in [0.3, 0.4) is 0 Å². The molecule has 0 radical (unpaired) electrons. The molecule has 0 unspecified atom stereocenters. The van der Waals surface area contributed by atoms with Gasteiger partial charge < -0.3 is 9.80 Å². The Hall–Kier alpha value is -2.10. The molecule has 2 heterocycles. The fourth-order valence-electron chi connectivity index (χ4n) is 2.54. The summed E-state index contributed by atoms with van der Waals surface area (Å²) in [5.41, 5.74) is 2.02. The first-order valence-electron chi connectivity index (χ1n) is 7.01. The zero-order chi connectivity index (χ0) is 14.1. The Kier molecular flexibility index (Phi) is 3.30. The summed E-state index contributed by atoms with van der Waals surface area (Å²) in [6.45, 7) is 1.10. The number of rotatable bonds is 2. The highest BCUT2D eigenvalue weighted by Crippen LogP contribution is 2.30. The summed E-state index contributed by atoms with van der Waals surface area (Å²) in [6, 6.07) is 10.3. The van der Waals surface area contributed by atoms with Gasteiger partial charge in [0.15, 0.2) is 0 Å². The molecule has 104 valence electrons. The van der Waals surface area contributed by atoms with Crippen molar-refractivity contribution >= 4 is 28.2 Å². The first-order chi connectivity index (χ1) is 9.65. The molecule has 4 nitrogen and oxygen atoms in total. The van der Waals surface area contributed by atoms with Crippen molar-refractivity contribution < 1.29 is 0 Å². The van der Waals surface area contributed by atoms with E-state index in [0.29, 0.717) is 0 Å². The Morgan fingerprint density at radius 2 is 2.05 bits per heavy atom. The number of amidine groups is 1. The second-order valence-electron chi connectivity index (χ2n) is 5.46. The van der Waals surface area contributed by atoms with Gasteiger partial charge in [-0.25, -0.2) is 9.98 Å². The number of aliphatic imine (C=N–C) groups is 1. The molecule has 0 N–H and O–H groups in total. The Morgan fingerprint density at radius 1 is 1.25 bits per heavy atom. The number of para-hydroxylation sites is 1. The van der Waals surface area contributed by atoms with Crippen LogP contribution in [0.15, 0.2) is 35.3 Å². The van der Waals surface area contributed by atoms with Crippen molar-refractivity contribution in [2.24, 2.45) is 4.99 Å². The van der Waals surface area contributed by atoms with Gasteiger partial charge in [-0.15, -0.1) is 0 Å². The largest absolute Gasteiger partial charge is 0.363 e. The van der Waals surface area contributed by atoms with Crippen molar-refractivity contribution in [1.29, 1.82) is 0 Å². The number of anilines is 1. The molecule has 0 atom stereocenters. The van der Waals surface area contributed by atoms with Gasteiger partial charge in [-0.3, -0.25) is 0 Å². The molecule has 1 fully saturated rings. The van der Waals surface area contributed by atoms with Crippen LogP contribution in [0.1, 0.15) is 12.8 Å². The minimum atomic E-state index is 0.948. The third-order valence-corrected chi connectivity index (χ3v) is 3.72. The zero-order valence-electron chi connectivity index (χ0n) is 12.3. The number of fused-ring (bicyclic) bond motifs is 1. The Bertz CT molecular complexity index is 661. The van der Waals surface area contributed by atoms with Crippen LogP contribution < -0.4 is 4.90 Å². The topological polar surface area (TPSA) is 31.7 Å². The van der Waals surface area contributed by atoms with Crippen LogP contribution in [0.2, 0.25) is 0 Å². The van der Waals surface area contributed by atoms with E-state index >= 15 is 0 Å². The second-order valence-corrected chi connectivity index (χ2v) is 5.46. The van der Waals surface area contributed by atoms with Crippen LogP contribution in [-0.4, -0.2) is 43.4 Å². The van der Waals surface area contributed by atoms with Gasteiger partial charge in [0.05, 0.1) is 11.2 Å². The maximum absolute atomic E-state index is 4.89. The molecule has 0 amide bonds. The summed E-state index contributed by atoms with van der Waals surface area (Å²) in [5.74, 6) is 2.12. The molecule has 1 aromatic carbocycles. The third-order valence-electron chi connectivity index (χ3n) is 3.72. The summed E-state index contributed by atoms with van der Waals surface area (Å²) in [7, 11) is 6.13. The quantitative estimate of drug-likeness (QED) is 0.839. The van der Waals surface area contributed by atoms with Gasteiger partial charge in [-0.05, 0) is 12.5 Å². The number of aromatic nitrogens is 1. The molecular formula is C16H20N4. The first kappa shape index (κ1) is 12.9. The predicted octanol–water partition coefficient (Wildman–Crippen LogP) is 3.06. The average molecular weight is 268 g/mol. The minimum absolute atomic E-state index is 0.948. The minimum Gasteiger partial charge on any atom is -0.363 e. The van der Waals surface area contributed by atoms with Gasteiger partial charge in [0.1, 0.15) is 11.7 Å². The molecule has 0 saturated carbocycles. The van der Waals surface area contributed by atoms with E-state index in [1.807, 2.05) is 37.2 Å². The molecule has 0 aliphatic carbocycles. The van der Waals surface area contributed by atoms with Gasteiger partial charge in [0.2, 0.25) is 0 Å². The number of likely N-dealkylation sites (tertiary alicyclic amines) is 1. The van der Waals surface area contributed by atoms with E-state index in [4.69, 9.17) is 4.99 Å². The lowest BCUT2D eigenvalue weighted by Crippen LogP contribution is -2.18. The smallest absolute Gasteiger partial charge is 0.130 e. The lowest BCUT2D eigenvalue weighted by Gasteiger charge is -2.15. The molecule has 0 bridgehead atoms. The van der Waals surface area contributed by atoms with Gasteiger partial charge in [-0.2, -0.15) is 0 Å². The molecule has 4 heteroatoms. The van der Waals surface area contributed by atoms with Crippen LogP contribution >= 0.6 is 0 Å². The zero-order valence-corrected chi connectivity index (χ0v) is 12.3. The van der Waals surface area contributed by atoms with E-state index in [-0.39, 0.29) is 0 Å². The summed E-state index contributed by atoms with van der Waals surface area (Å²) in [4.78, 5) is 13.8. The summed E-state index contributed by atoms with van der Waals surface area (Å²) in [6.07, 6.45) is 2.25. The first-order valence-corrected chi connectivity index (χ1v) is 7.01. The fraction of sp³-hybridized carbons (Fsp3) is 0.375. The number of nitrogens with zero attached hydrogens (tertiary/aromatic N) is 4. The molecule has 1 aromatic heterocycles. The molecule has 1 aliphatic rings. The highest BCUT2D eigenvalue weighted by Gasteiger charge is 2.15. The van der Waals surface area contributed by atoms with Gasteiger partial charge >= 0.3 is 0 Å². The van der Waals surface area contributed by atoms with Gasteiger partial charge in [0, 0.05) is 45.6 Å². The van der Waals surface area contributed by atoms with Crippen molar-refractivity contribution in [3.63, 3.8) is 0 Å². The third kappa shape index (κ3) is 2.33. The van der Waals surface area contributed by atoms with Gasteiger partial charge in [-0.1, -0.05) is 18.2 Å². The summed E-state index contributed by atoms with van der Waals surface area (Å²) < 4.78 is 0. The van der Waals surface area contributed by atoms with Crippen LogP contribution in [0.5, 0.6) is 0 Å². The molecule has 2 aromatic rings. The normalized spacial score (nSPS) is 17.1. The van der Waals surface area contributed by atoms with Crippen molar-refractivity contribution in [1.82, 2.24) is 9.88 Å². The van der Waals surface area contributed by atoms with Crippen molar-refractivity contribution in [2.45, 2.75) is 12.8 Å². The molecule has 20 heavy (non-hydrogen) atoms. The highest BCUT2D eigenvalue weighted by molar-refractivity contribution is 5.96. The highest BCUT2D eigenvalue weighted by atomic mass is 15.2. The number of hydrogen-bond acceptors (Lipinski definition) is 3. The van der Waals surface area contributed by atoms with Crippen molar-refractivity contribution in [3.8, 4) is 0 Å². The molecule has 1 aliphatic heterocycles. The van der Waals surface area contributed by atoms with Crippen LogP contribution in [-0.2, 0) is 0 Å². The van der Waals surface area contributed by atoms with Crippen molar-refractivity contribution in [2.75, 3.05) is 32.6 Å². The van der Waals surface area contributed by atoms with E-state index in [2.05, 4.69) is 29.1 Å². The maximum atomic E-state index is 4.89. The van der Waals surface area contributed by atoms with Gasteiger partial charge in [0.25, 0.3) is 0 Å². The Morgan fingerprint density at radius 3 is 2.75 bits per heavy atom. The lowest BCUT2D eigenvalue weighted by molar-refractivity contribution is 0.550. The van der Waals surface area contributed by atoms with Crippen molar-refractivity contribution in [3.05, 3.63) is 30.3 Å². The molecular weight excluding hydrogens is 248 g/mol. The Labute approximate surface area is 119 Å². The number of benzene rings is 1. The second kappa shape index (κ2) is 5.12. The molecule has 1 saturated heterocycles. The molecule has 0 spiro atoms. The number of pyridine rings is 1. The fourth-order valence-corrected chi connectivity index (χ4v) is 2.54. The summed E-state index contributed by atoms with van der Waals surface area (Å²) >= 11 is 0. The maximum Gasteiger partial charge on any atom is 0.130 e. The van der Waals surface area contributed by atoms with Crippen LogP contribution in [0, 0.1) is 0 Å². The van der Waals surface area contributed by atoms with E-state index < -0.39 is 0 Å². The van der Waals surface area contributed by atoms with Crippen LogP contribution in [0.25, 0.3) is 10.9 Å². The standard InChI is InChI=1S/C16H20N4/c1-19(2)16-11-14(18-15-9-6-10-20(15)3)12-7-4-5-8-13(12)17-16/h4-5,7-8,11H,6,9-10H2,1-3H3. The Balaban J connectivity index is 2.17. The number of hydrogen-bond donors (Lipinski definition) is 0. The van der Waals surface area contributed by atoms with E-state index in [9.17, 15) is 0 Å². The van der Waals surface area contributed by atoms with Crippen LogP contribution in [0.4, 0.5) is 11.5 Å². The average Bonchev–Trinajstić information content (AvgIpc) is 2.84. The monoisotopic (exact) mass is 268 g/mol. The SMILES string of the molecule is CN1CCCC1=Nc1cc(N(C)C)nc2ccccc12. The van der Waals surface area contributed by atoms with E-state index in [1.54, 1.807) is 0 Å².